The lowest BCUT2D eigenvalue weighted by Crippen LogP contribution is -1.85. The summed E-state index contributed by atoms with van der Waals surface area (Å²) in [6.07, 6.45) is 0. The van der Waals surface area contributed by atoms with E-state index in [4.69, 9.17) is 11.6 Å². The number of aryl methyl sites for hydroxylation is 1. The summed E-state index contributed by atoms with van der Waals surface area (Å²) in [5.41, 5.74) is 1.40. The SMILES string of the molecule is Cc1cc(Cl)c2ccc(F)cc2n1. The van der Waals surface area contributed by atoms with E-state index in [9.17, 15) is 4.39 Å². The van der Waals surface area contributed by atoms with Gasteiger partial charge in [0, 0.05) is 17.1 Å². The third kappa shape index (κ3) is 1.49. The van der Waals surface area contributed by atoms with E-state index in [1.54, 1.807) is 12.1 Å². The van der Waals surface area contributed by atoms with Crippen LogP contribution >= 0.6 is 11.6 Å². The summed E-state index contributed by atoms with van der Waals surface area (Å²) in [5, 5.41) is 1.40. The Hall–Kier alpha value is -1.15. The number of pyridine rings is 1. The van der Waals surface area contributed by atoms with Crippen LogP contribution in [0.1, 0.15) is 5.69 Å². The van der Waals surface area contributed by atoms with Crippen molar-refractivity contribution in [3.63, 3.8) is 0 Å². The normalized spacial score (nSPS) is 10.7. The third-order valence-electron chi connectivity index (χ3n) is 1.85. The molecule has 0 amide bonds. The van der Waals surface area contributed by atoms with E-state index in [0.29, 0.717) is 10.5 Å². The van der Waals surface area contributed by atoms with Gasteiger partial charge in [0.05, 0.1) is 10.5 Å². The van der Waals surface area contributed by atoms with Crippen LogP contribution in [0.25, 0.3) is 10.9 Å². The zero-order valence-corrected chi connectivity index (χ0v) is 7.77. The van der Waals surface area contributed by atoms with Crippen LogP contribution in [0.4, 0.5) is 4.39 Å². The van der Waals surface area contributed by atoms with Gasteiger partial charge in [-0.2, -0.15) is 0 Å². The molecule has 0 atom stereocenters. The number of hydrogen-bond acceptors (Lipinski definition) is 1. The molecule has 0 spiro atoms. The number of aromatic nitrogens is 1. The highest BCUT2D eigenvalue weighted by molar-refractivity contribution is 6.35. The average molecular weight is 196 g/mol. The quantitative estimate of drug-likeness (QED) is 0.628. The molecule has 0 bridgehead atoms. The molecule has 1 nitrogen and oxygen atoms in total. The smallest absolute Gasteiger partial charge is 0.125 e. The molecule has 2 aromatic rings. The minimum absolute atomic E-state index is 0.290. The lowest BCUT2D eigenvalue weighted by molar-refractivity contribution is 0.629. The first-order chi connectivity index (χ1) is 6.16. The van der Waals surface area contributed by atoms with Crippen LogP contribution in [0, 0.1) is 12.7 Å². The van der Waals surface area contributed by atoms with E-state index < -0.39 is 0 Å². The van der Waals surface area contributed by atoms with Gasteiger partial charge in [-0.25, -0.2) is 4.39 Å². The van der Waals surface area contributed by atoms with Gasteiger partial charge in [-0.15, -0.1) is 0 Å². The van der Waals surface area contributed by atoms with E-state index in [1.807, 2.05) is 6.92 Å². The number of benzene rings is 1. The predicted octanol–water partition coefficient (Wildman–Crippen LogP) is 3.34. The van der Waals surface area contributed by atoms with E-state index in [-0.39, 0.29) is 5.82 Å². The minimum atomic E-state index is -0.290. The maximum absolute atomic E-state index is 12.8. The Balaban J connectivity index is 2.86. The highest BCUT2D eigenvalue weighted by Gasteiger charge is 2.02. The summed E-state index contributed by atoms with van der Waals surface area (Å²) in [5.74, 6) is -0.290. The lowest BCUT2D eigenvalue weighted by atomic mass is 10.2. The van der Waals surface area contributed by atoms with Crippen molar-refractivity contribution in [2.24, 2.45) is 0 Å². The van der Waals surface area contributed by atoms with Crippen LogP contribution in [-0.2, 0) is 0 Å². The van der Waals surface area contributed by atoms with Crippen LogP contribution in [0.2, 0.25) is 5.02 Å². The van der Waals surface area contributed by atoms with Crippen LogP contribution in [0.15, 0.2) is 24.3 Å². The second-order valence-corrected chi connectivity index (χ2v) is 3.31. The van der Waals surface area contributed by atoms with Crippen molar-refractivity contribution in [1.82, 2.24) is 4.98 Å². The molecule has 0 unspecified atom stereocenters. The minimum Gasteiger partial charge on any atom is -0.253 e. The van der Waals surface area contributed by atoms with Gasteiger partial charge in [0.1, 0.15) is 5.82 Å². The summed E-state index contributed by atoms with van der Waals surface area (Å²) in [7, 11) is 0. The fraction of sp³-hybridized carbons (Fsp3) is 0.100. The molecule has 0 N–H and O–H groups in total. The standard InChI is InChI=1S/C10H7ClFN/c1-6-4-9(11)8-3-2-7(12)5-10(8)13-6/h2-5H,1H3. The highest BCUT2D eigenvalue weighted by atomic mass is 35.5. The first-order valence-corrected chi connectivity index (χ1v) is 4.27. The molecule has 0 fully saturated rings. The predicted molar refractivity (Wildman–Crippen MR) is 51.4 cm³/mol. The fourth-order valence-corrected chi connectivity index (χ4v) is 1.60. The fourth-order valence-electron chi connectivity index (χ4n) is 1.28. The molecule has 1 aromatic heterocycles. The second kappa shape index (κ2) is 2.96. The number of hydrogen-bond donors (Lipinski definition) is 0. The van der Waals surface area contributed by atoms with Gasteiger partial charge >= 0.3 is 0 Å². The van der Waals surface area contributed by atoms with Crippen LogP contribution in [0.3, 0.4) is 0 Å². The third-order valence-corrected chi connectivity index (χ3v) is 2.16. The van der Waals surface area contributed by atoms with E-state index in [2.05, 4.69) is 4.98 Å². The number of rotatable bonds is 0. The molecule has 13 heavy (non-hydrogen) atoms. The van der Waals surface area contributed by atoms with Crippen molar-refractivity contribution in [2.75, 3.05) is 0 Å². The lowest BCUT2D eigenvalue weighted by Gasteiger charge is -2.01. The van der Waals surface area contributed by atoms with Crippen molar-refractivity contribution in [2.45, 2.75) is 6.92 Å². The maximum Gasteiger partial charge on any atom is 0.125 e. The van der Waals surface area contributed by atoms with E-state index in [1.165, 1.54) is 12.1 Å². The van der Waals surface area contributed by atoms with E-state index in [0.717, 1.165) is 11.1 Å². The molecule has 2 rings (SSSR count). The average Bonchev–Trinajstić information content (AvgIpc) is 2.02. The molecule has 66 valence electrons. The summed E-state index contributed by atoms with van der Waals surface area (Å²) < 4.78 is 12.8. The molecular formula is C10H7ClFN. The topological polar surface area (TPSA) is 12.9 Å². The van der Waals surface area contributed by atoms with Crippen molar-refractivity contribution in [3.05, 3.63) is 40.8 Å². The van der Waals surface area contributed by atoms with Gasteiger partial charge in [-0.05, 0) is 25.1 Å². The van der Waals surface area contributed by atoms with Crippen molar-refractivity contribution in [3.8, 4) is 0 Å². The van der Waals surface area contributed by atoms with Crippen LogP contribution in [0.5, 0.6) is 0 Å². The van der Waals surface area contributed by atoms with Gasteiger partial charge in [0.25, 0.3) is 0 Å². The first-order valence-electron chi connectivity index (χ1n) is 3.89. The summed E-state index contributed by atoms with van der Waals surface area (Å²) in [6.45, 7) is 1.83. The molecule has 0 aliphatic heterocycles. The number of nitrogens with zero attached hydrogens (tertiary/aromatic N) is 1. The molecule has 0 aliphatic rings. The Morgan fingerprint density at radius 3 is 2.85 bits per heavy atom. The van der Waals surface area contributed by atoms with Gasteiger partial charge in [0.2, 0.25) is 0 Å². The van der Waals surface area contributed by atoms with Gasteiger partial charge in [0.15, 0.2) is 0 Å². The van der Waals surface area contributed by atoms with Crippen molar-refractivity contribution in [1.29, 1.82) is 0 Å². The number of fused-ring (bicyclic) bond motifs is 1. The molecule has 0 radical (unpaired) electrons. The molecular weight excluding hydrogens is 189 g/mol. The largest absolute Gasteiger partial charge is 0.253 e. The monoisotopic (exact) mass is 195 g/mol. The molecule has 1 aromatic carbocycles. The zero-order chi connectivity index (χ0) is 9.42. The molecule has 3 heteroatoms. The van der Waals surface area contributed by atoms with Gasteiger partial charge in [-0.1, -0.05) is 11.6 Å². The summed E-state index contributed by atoms with van der Waals surface area (Å²) >= 11 is 5.95. The molecule has 0 aliphatic carbocycles. The number of halogens is 2. The Bertz CT molecular complexity index is 462. The Labute approximate surface area is 80.2 Å². The van der Waals surface area contributed by atoms with E-state index >= 15 is 0 Å². The Morgan fingerprint density at radius 1 is 1.31 bits per heavy atom. The highest BCUT2D eigenvalue weighted by Crippen LogP contribution is 2.23. The van der Waals surface area contributed by atoms with Crippen molar-refractivity contribution < 1.29 is 4.39 Å². The first kappa shape index (κ1) is 8.45. The Morgan fingerprint density at radius 2 is 2.08 bits per heavy atom. The zero-order valence-electron chi connectivity index (χ0n) is 7.01. The van der Waals surface area contributed by atoms with Gasteiger partial charge < -0.3 is 0 Å². The maximum atomic E-state index is 12.8. The van der Waals surface area contributed by atoms with Crippen LogP contribution in [-0.4, -0.2) is 4.98 Å². The Kier molecular flexibility index (Phi) is 1.93. The molecule has 1 heterocycles. The van der Waals surface area contributed by atoms with Crippen LogP contribution < -0.4 is 0 Å². The molecule has 0 saturated heterocycles. The molecule has 0 saturated carbocycles. The van der Waals surface area contributed by atoms with Crippen molar-refractivity contribution >= 4 is 22.5 Å². The van der Waals surface area contributed by atoms with Gasteiger partial charge in [-0.3, -0.25) is 4.98 Å². The second-order valence-electron chi connectivity index (χ2n) is 2.91. The summed E-state index contributed by atoms with van der Waals surface area (Å²) in [4.78, 5) is 4.17. The summed E-state index contributed by atoms with van der Waals surface area (Å²) in [6, 6.07) is 6.17.